The number of nitrogens with one attached hydrogen (secondary N) is 1. The number of hydrogen-bond donors (Lipinski definition) is 1. The Labute approximate surface area is 156 Å². The molecule has 1 N–H and O–H groups in total. The highest BCUT2D eigenvalue weighted by Crippen LogP contribution is 2.28. The number of aryl methyl sites for hydroxylation is 1. The minimum atomic E-state index is -0.384. The van der Waals surface area contributed by atoms with Gasteiger partial charge in [0, 0.05) is 36.6 Å². The lowest BCUT2D eigenvalue weighted by molar-refractivity contribution is -0.385. The first-order valence-corrected chi connectivity index (χ1v) is 8.74. The van der Waals surface area contributed by atoms with Crippen LogP contribution in [0.15, 0.2) is 36.5 Å². The summed E-state index contributed by atoms with van der Waals surface area (Å²) in [4.78, 5) is 29.3. The van der Waals surface area contributed by atoms with Crippen molar-refractivity contribution in [1.29, 1.82) is 0 Å². The summed E-state index contributed by atoms with van der Waals surface area (Å²) in [5, 5.41) is 14.3. The maximum atomic E-state index is 12.5. The molecule has 3 rings (SSSR count). The molecular weight excluding hydrogens is 356 g/mol. The van der Waals surface area contributed by atoms with E-state index in [9.17, 15) is 14.9 Å². The maximum Gasteiger partial charge on any atom is 0.272 e. The number of aromatic nitrogens is 1. The number of carbonyl (C=O) groups is 1. The number of nitro groups is 1. The molecule has 1 fully saturated rings. The first-order chi connectivity index (χ1) is 12.4. The Kier molecular flexibility index (Phi) is 5.37. The van der Waals surface area contributed by atoms with Gasteiger partial charge in [-0.3, -0.25) is 14.9 Å². The quantitative estimate of drug-likeness (QED) is 0.649. The predicted molar refractivity (Wildman–Crippen MR) is 101 cm³/mol. The third kappa shape index (κ3) is 4.11. The number of carbonyl (C=O) groups excluding carboxylic acids is 1. The third-order valence-corrected chi connectivity index (χ3v) is 4.74. The molecule has 1 atom stereocenters. The fourth-order valence-corrected chi connectivity index (χ4v) is 3.26. The highest BCUT2D eigenvalue weighted by atomic mass is 35.5. The predicted octanol–water partition coefficient (Wildman–Crippen LogP) is 3.81. The van der Waals surface area contributed by atoms with Gasteiger partial charge >= 0.3 is 0 Å². The molecule has 0 saturated carbocycles. The molecule has 0 bridgehead atoms. The molecule has 1 aliphatic rings. The summed E-state index contributed by atoms with van der Waals surface area (Å²) in [6.07, 6.45) is 3.16. The fraction of sp³-hybridized carbons (Fsp3) is 0.333. The molecule has 2 aromatic rings. The summed E-state index contributed by atoms with van der Waals surface area (Å²) >= 11 is 5.80. The minimum Gasteiger partial charge on any atom is -0.371 e. The standard InChI is InChI=1S/C18H19ClN4O3/c1-12-9-15(5-6-16(12)23(25)26)22-8-2-3-13(11-22)18(24)21-17-7-4-14(19)10-20-17/h4-7,9-10,13H,2-3,8,11H2,1H3,(H,20,21,24). The second-order valence-corrected chi connectivity index (χ2v) is 6.80. The fourth-order valence-electron chi connectivity index (χ4n) is 3.14. The smallest absolute Gasteiger partial charge is 0.272 e. The van der Waals surface area contributed by atoms with Crippen molar-refractivity contribution in [3.8, 4) is 0 Å². The Bertz CT molecular complexity index is 826. The number of amides is 1. The zero-order valence-electron chi connectivity index (χ0n) is 14.3. The lowest BCUT2D eigenvalue weighted by atomic mass is 9.96. The van der Waals surface area contributed by atoms with Crippen molar-refractivity contribution in [2.45, 2.75) is 19.8 Å². The molecule has 8 heteroatoms. The molecule has 1 unspecified atom stereocenters. The van der Waals surface area contributed by atoms with Crippen molar-refractivity contribution in [1.82, 2.24) is 4.98 Å². The molecule has 136 valence electrons. The van der Waals surface area contributed by atoms with Gasteiger partial charge in [-0.2, -0.15) is 0 Å². The second kappa shape index (κ2) is 7.70. The van der Waals surface area contributed by atoms with Crippen molar-refractivity contribution in [2.75, 3.05) is 23.3 Å². The van der Waals surface area contributed by atoms with Crippen LogP contribution in [0.4, 0.5) is 17.2 Å². The van der Waals surface area contributed by atoms with Crippen LogP contribution in [0.2, 0.25) is 5.02 Å². The second-order valence-electron chi connectivity index (χ2n) is 6.36. The van der Waals surface area contributed by atoms with Crippen molar-refractivity contribution in [3.05, 3.63) is 57.2 Å². The average molecular weight is 375 g/mol. The van der Waals surface area contributed by atoms with Crippen LogP contribution in [0.25, 0.3) is 0 Å². The van der Waals surface area contributed by atoms with Gasteiger partial charge in [0.1, 0.15) is 5.82 Å². The van der Waals surface area contributed by atoms with E-state index in [1.165, 1.54) is 12.3 Å². The maximum absolute atomic E-state index is 12.5. The number of rotatable bonds is 4. The van der Waals surface area contributed by atoms with Gasteiger partial charge in [-0.1, -0.05) is 11.6 Å². The number of hydrogen-bond acceptors (Lipinski definition) is 5. The normalized spacial score (nSPS) is 17.0. The van der Waals surface area contributed by atoms with Crippen LogP contribution < -0.4 is 10.2 Å². The molecule has 0 radical (unpaired) electrons. The number of halogens is 1. The molecule has 0 aliphatic carbocycles. The van der Waals surface area contributed by atoms with Crippen LogP contribution in [-0.2, 0) is 4.79 Å². The Morgan fingerprint density at radius 1 is 1.38 bits per heavy atom. The molecule has 1 aromatic heterocycles. The van der Waals surface area contributed by atoms with Crippen LogP contribution >= 0.6 is 11.6 Å². The number of piperidine rings is 1. The molecule has 1 aromatic carbocycles. The SMILES string of the molecule is Cc1cc(N2CCCC(C(=O)Nc3ccc(Cl)cn3)C2)ccc1[N+](=O)[O-]. The van der Waals surface area contributed by atoms with Crippen LogP contribution in [0.3, 0.4) is 0 Å². The molecule has 0 spiro atoms. The Morgan fingerprint density at radius 3 is 2.85 bits per heavy atom. The summed E-state index contributed by atoms with van der Waals surface area (Å²) in [6, 6.07) is 8.41. The van der Waals surface area contributed by atoms with E-state index in [0.717, 1.165) is 25.1 Å². The number of benzene rings is 1. The van der Waals surface area contributed by atoms with Gasteiger partial charge in [0.15, 0.2) is 0 Å². The average Bonchev–Trinajstić information content (AvgIpc) is 2.63. The topological polar surface area (TPSA) is 88.4 Å². The van der Waals surface area contributed by atoms with Gasteiger partial charge < -0.3 is 10.2 Å². The van der Waals surface area contributed by atoms with Gasteiger partial charge in [-0.25, -0.2) is 4.98 Å². The highest BCUT2D eigenvalue weighted by Gasteiger charge is 2.27. The molecule has 26 heavy (non-hydrogen) atoms. The van der Waals surface area contributed by atoms with E-state index in [4.69, 9.17) is 11.6 Å². The van der Waals surface area contributed by atoms with Gasteiger partial charge in [0.2, 0.25) is 5.91 Å². The Hall–Kier alpha value is -2.67. The monoisotopic (exact) mass is 374 g/mol. The number of anilines is 2. The van der Waals surface area contributed by atoms with Crippen LogP contribution in [0.1, 0.15) is 18.4 Å². The van der Waals surface area contributed by atoms with E-state index in [0.29, 0.717) is 22.9 Å². The van der Waals surface area contributed by atoms with E-state index >= 15 is 0 Å². The van der Waals surface area contributed by atoms with Crippen LogP contribution in [0, 0.1) is 23.0 Å². The number of pyridine rings is 1. The highest BCUT2D eigenvalue weighted by molar-refractivity contribution is 6.30. The van der Waals surface area contributed by atoms with E-state index in [1.807, 2.05) is 0 Å². The number of nitro benzene ring substituents is 1. The van der Waals surface area contributed by atoms with Crippen LogP contribution in [-0.4, -0.2) is 28.9 Å². The minimum absolute atomic E-state index is 0.0804. The van der Waals surface area contributed by atoms with Gasteiger partial charge in [0.25, 0.3) is 5.69 Å². The summed E-state index contributed by atoms with van der Waals surface area (Å²) in [7, 11) is 0. The molecular formula is C18H19ClN4O3. The van der Waals surface area contributed by atoms with Gasteiger partial charge in [-0.05, 0) is 44.0 Å². The first kappa shape index (κ1) is 18.1. The zero-order chi connectivity index (χ0) is 18.7. The van der Waals surface area contributed by atoms with Gasteiger partial charge in [-0.15, -0.1) is 0 Å². The molecule has 7 nitrogen and oxygen atoms in total. The molecule has 2 heterocycles. The first-order valence-electron chi connectivity index (χ1n) is 8.36. The van der Waals surface area contributed by atoms with E-state index < -0.39 is 0 Å². The zero-order valence-corrected chi connectivity index (χ0v) is 15.1. The Balaban J connectivity index is 1.68. The lowest BCUT2D eigenvalue weighted by Gasteiger charge is -2.33. The van der Waals surface area contributed by atoms with Crippen LogP contribution in [0.5, 0.6) is 0 Å². The molecule has 1 amide bonds. The molecule has 1 aliphatic heterocycles. The largest absolute Gasteiger partial charge is 0.371 e. The van der Waals surface area contributed by atoms with Crippen molar-refractivity contribution < 1.29 is 9.72 Å². The lowest BCUT2D eigenvalue weighted by Crippen LogP contribution is -2.40. The third-order valence-electron chi connectivity index (χ3n) is 4.51. The summed E-state index contributed by atoms with van der Waals surface area (Å²) in [5.41, 5.74) is 1.62. The van der Waals surface area contributed by atoms with Crippen molar-refractivity contribution in [3.63, 3.8) is 0 Å². The Morgan fingerprint density at radius 2 is 2.19 bits per heavy atom. The van der Waals surface area contributed by atoms with E-state index in [-0.39, 0.29) is 22.4 Å². The summed E-state index contributed by atoms with van der Waals surface area (Å²) < 4.78 is 0. The summed E-state index contributed by atoms with van der Waals surface area (Å²) in [6.45, 7) is 3.11. The van der Waals surface area contributed by atoms with Gasteiger partial charge in [0.05, 0.1) is 15.9 Å². The van der Waals surface area contributed by atoms with E-state index in [1.54, 1.807) is 31.2 Å². The molecule has 1 saturated heterocycles. The number of nitrogens with zero attached hydrogens (tertiary/aromatic N) is 3. The van der Waals surface area contributed by atoms with E-state index in [2.05, 4.69) is 15.2 Å². The summed E-state index contributed by atoms with van der Waals surface area (Å²) in [5.74, 6) is 0.225. The van der Waals surface area contributed by atoms with Crippen molar-refractivity contribution >= 4 is 34.7 Å². The van der Waals surface area contributed by atoms with Crippen molar-refractivity contribution in [2.24, 2.45) is 5.92 Å².